The van der Waals surface area contributed by atoms with Crippen LogP contribution in [0.4, 0.5) is 0 Å². The molecule has 0 spiro atoms. The van der Waals surface area contributed by atoms with Crippen molar-refractivity contribution in [1.82, 2.24) is 9.88 Å². The molecule has 0 radical (unpaired) electrons. The number of aromatic nitrogens is 1. The molecule has 1 aromatic heterocycles. The van der Waals surface area contributed by atoms with Gasteiger partial charge in [0.25, 0.3) is 0 Å². The third-order valence-electron chi connectivity index (χ3n) is 3.16. The van der Waals surface area contributed by atoms with Gasteiger partial charge in [0.1, 0.15) is 5.01 Å². The fourth-order valence-corrected chi connectivity index (χ4v) is 3.14. The summed E-state index contributed by atoms with van der Waals surface area (Å²) >= 11 is 1.69. The fraction of sp³-hybridized carbons (Fsp3) is 0.438. The van der Waals surface area contributed by atoms with E-state index in [-0.39, 0.29) is 0 Å². The summed E-state index contributed by atoms with van der Waals surface area (Å²) in [5, 5.41) is 10.8. The van der Waals surface area contributed by atoms with Crippen LogP contribution in [0.1, 0.15) is 10.4 Å². The molecule has 2 rings (SSSR count). The van der Waals surface area contributed by atoms with Gasteiger partial charge in [0.2, 0.25) is 0 Å². The van der Waals surface area contributed by atoms with Gasteiger partial charge >= 0.3 is 0 Å². The maximum atomic E-state index is 9.73. The first-order chi connectivity index (χ1) is 10.1. The zero-order chi connectivity index (χ0) is 15.2. The SMILES string of the molecule is COCC(O)CN(C)Cc1cnc(-c2ccc(C)cc2)s1. The number of aliphatic hydroxyl groups excluding tert-OH is 1. The number of ether oxygens (including phenoxy) is 1. The van der Waals surface area contributed by atoms with Crippen molar-refractivity contribution in [2.75, 3.05) is 27.3 Å². The lowest BCUT2D eigenvalue weighted by atomic mass is 10.2. The third kappa shape index (κ3) is 4.89. The minimum absolute atomic E-state index is 0.363. The zero-order valence-electron chi connectivity index (χ0n) is 12.7. The first-order valence-electron chi connectivity index (χ1n) is 6.95. The van der Waals surface area contributed by atoms with E-state index in [4.69, 9.17) is 4.74 Å². The quantitative estimate of drug-likeness (QED) is 0.854. The Hall–Kier alpha value is -1.27. The molecular formula is C16H22N2O2S. The minimum atomic E-state index is -0.454. The van der Waals surface area contributed by atoms with Crippen molar-refractivity contribution in [1.29, 1.82) is 0 Å². The maximum absolute atomic E-state index is 9.73. The molecule has 0 bridgehead atoms. The molecule has 4 nitrogen and oxygen atoms in total. The normalized spacial score (nSPS) is 12.8. The molecule has 1 aromatic carbocycles. The molecule has 21 heavy (non-hydrogen) atoms. The number of hydrogen-bond donors (Lipinski definition) is 1. The van der Waals surface area contributed by atoms with Gasteiger partial charge in [-0.15, -0.1) is 11.3 Å². The Labute approximate surface area is 130 Å². The molecule has 0 saturated heterocycles. The van der Waals surface area contributed by atoms with Crippen LogP contribution in [0, 0.1) is 6.92 Å². The Balaban J connectivity index is 1.95. The monoisotopic (exact) mass is 306 g/mol. The average molecular weight is 306 g/mol. The highest BCUT2D eigenvalue weighted by atomic mass is 32.1. The van der Waals surface area contributed by atoms with Gasteiger partial charge in [0, 0.05) is 36.8 Å². The van der Waals surface area contributed by atoms with Gasteiger partial charge in [-0.2, -0.15) is 0 Å². The topological polar surface area (TPSA) is 45.6 Å². The van der Waals surface area contributed by atoms with E-state index in [1.54, 1.807) is 18.4 Å². The second-order valence-electron chi connectivity index (χ2n) is 5.30. The van der Waals surface area contributed by atoms with Gasteiger partial charge in [0.15, 0.2) is 0 Å². The van der Waals surface area contributed by atoms with E-state index in [0.29, 0.717) is 13.2 Å². The van der Waals surface area contributed by atoms with Gasteiger partial charge in [-0.1, -0.05) is 29.8 Å². The number of thiazole rings is 1. The van der Waals surface area contributed by atoms with Crippen molar-refractivity contribution in [3.8, 4) is 10.6 Å². The number of aliphatic hydroxyl groups is 1. The molecular weight excluding hydrogens is 284 g/mol. The van der Waals surface area contributed by atoms with E-state index in [2.05, 4.69) is 41.1 Å². The van der Waals surface area contributed by atoms with Crippen LogP contribution in [0.2, 0.25) is 0 Å². The van der Waals surface area contributed by atoms with E-state index in [1.807, 2.05) is 13.2 Å². The Kier molecular flexibility index (Phi) is 5.87. The summed E-state index contributed by atoms with van der Waals surface area (Å²) < 4.78 is 4.94. The fourth-order valence-electron chi connectivity index (χ4n) is 2.15. The van der Waals surface area contributed by atoms with Gasteiger partial charge < -0.3 is 9.84 Å². The average Bonchev–Trinajstić information content (AvgIpc) is 2.88. The molecule has 1 atom stereocenters. The maximum Gasteiger partial charge on any atom is 0.123 e. The van der Waals surface area contributed by atoms with Gasteiger partial charge in [-0.25, -0.2) is 4.98 Å². The number of rotatable bonds is 7. The summed E-state index contributed by atoms with van der Waals surface area (Å²) in [6.45, 7) is 3.81. The highest BCUT2D eigenvalue weighted by Gasteiger charge is 2.10. The van der Waals surface area contributed by atoms with E-state index in [9.17, 15) is 5.11 Å². The number of nitrogens with zero attached hydrogens (tertiary/aromatic N) is 2. The van der Waals surface area contributed by atoms with Crippen LogP contribution in [0.25, 0.3) is 10.6 Å². The summed E-state index contributed by atoms with van der Waals surface area (Å²) in [6, 6.07) is 8.40. The summed E-state index contributed by atoms with van der Waals surface area (Å²) in [5.41, 5.74) is 2.40. The number of benzene rings is 1. The highest BCUT2D eigenvalue weighted by Crippen LogP contribution is 2.26. The lowest BCUT2D eigenvalue weighted by molar-refractivity contribution is 0.0420. The molecule has 5 heteroatoms. The number of hydrogen-bond acceptors (Lipinski definition) is 5. The molecule has 0 aliphatic rings. The van der Waals surface area contributed by atoms with Crippen LogP contribution in [0.3, 0.4) is 0 Å². The van der Waals surface area contributed by atoms with Gasteiger partial charge in [-0.3, -0.25) is 4.90 Å². The summed E-state index contributed by atoms with van der Waals surface area (Å²) in [7, 11) is 3.59. The first kappa shape index (κ1) is 16.1. The van der Waals surface area contributed by atoms with Crippen molar-refractivity contribution in [2.24, 2.45) is 0 Å². The molecule has 0 fully saturated rings. The lowest BCUT2D eigenvalue weighted by Crippen LogP contribution is -2.31. The molecule has 0 aliphatic heterocycles. The Morgan fingerprint density at radius 3 is 2.71 bits per heavy atom. The van der Waals surface area contributed by atoms with Crippen LogP contribution in [0.15, 0.2) is 30.5 Å². The van der Waals surface area contributed by atoms with E-state index >= 15 is 0 Å². The van der Waals surface area contributed by atoms with Crippen LogP contribution in [-0.2, 0) is 11.3 Å². The van der Waals surface area contributed by atoms with E-state index < -0.39 is 6.10 Å². The van der Waals surface area contributed by atoms with Crippen LogP contribution < -0.4 is 0 Å². The number of methoxy groups -OCH3 is 1. The largest absolute Gasteiger partial charge is 0.389 e. The Bertz CT molecular complexity index is 554. The molecule has 114 valence electrons. The van der Waals surface area contributed by atoms with Crippen LogP contribution in [0.5, 0.6) is 0 Å². The predicted molar refractivity (Wildman–Crippen MR) is 86.5 cm³/mol. The van der Waals surface area contributed by atoms with E-state index in [0.717, 1.165) is 17.1 Å². The van der Waals surface area contributed by atoms with Crippen molar-refractivity contribution in [3.05, 3.63) is 40.9 Å². The van der Waals surface area contributed by atoms with Crippen molar-refractivity contribution in [3.63, 3.8) is 0 Å². The smallest absolute Gasteiger partial charge is 0.123 e. The molecule has 2 aromatic rings. The molecule has 1 unspecified atom stereocenters. The molecule has 0 saturated carbocycles. The van der Waals surface area contributed by atoms with Crippen LogP contribution >= 0.6 is 11.3 Å². The molecule has 0 amide bonds. The van der Waals surface area contributed by atoms with E-state index in [1.165, 1.54) is 10.4 Å². The highest BCUT2D eigenvalue weighted by molar-refractivity contribution is 7.15. The summed E-state index contributed by atoms with van der Waals surface area (Å²) in [5.74, 6) is 0. The predicted octanol–water partition coefficient (Wildman–Crippen LogP) is 2.56. The number of likely N-dealkylation sites (N-methyl/N-ethyl adjacent to an activating group) is 1. The second-order valence-corrected chi connectivity index (χ2v) is 6.42. The third-order valence-corrected chi connectivity index (χ3v) is 4.19. The zero-order valence-corrected chi connectivity index (χ0v) is 13.6. The second kappa shape index (κ2) is 7.66. The van der Waals surface area contributed by atoms with Gasteiger partial charge in [-0.05, 0) is 14.0 Å². The summed E-state index contributed by atoms with van der Waals surface area (Å²) in [4.78, 5) is 7.76. The van der Waals surface area contributed by atoms with Crippen molar-refractivity contribution < 1.29 is 9.84 Å². The minimum Gasteiger partial charge on any atom is -0.389 e. The standard InChI is InChI=1S/C16H22N2O2S/c1-12-4-6-13(7-5-12)16-17-8-15(21-16)10-18(2)9-14(19)11-20-3/h4-8,14,19H,9-11H2,1-3H3. The van der Waals surface area contributed by atoms with Crippen molar-refractivity contribution in [2.45, 2.75) is 19.6 Å². The van der Waals surface area contributed by atoms with Crippen LogP contribution in [-0.4, -0.2) is 48.4 Å². The lowest BCUT2D eigenvalue weighted by Gasteiger charge is -2.18. The molecule has 0 aliphatic carbocycles. The molecule has 1 N–H and O–H groups in total. The Morgan fingerprint density at radius 1 is 1.33 bits per heavy atom. The summed E-state index contributed by atoms with van der Waals surface area (Å²) in [6.07, 6.45) is 1.46. The molecule has 1 heterocycles. The Morgan fingerprint density at radius 2 is 2.05 bits per heavy atom. The number of aryl methyl sites for hydroxylation is 1. The van der Waals surface area contributed by atoms with Crippen molar-refractivity contribution >= 4 is 11.3 Å². The first-order valence-corrected chi connectivity index (χ1v) is 7.77. The van der Waals surface area contributed by atoms with Gasteiger partial charge in [0.05, 0.1) is 12.7 Å².